The van der Waals surface area contributed by atoms with Crippen molar-refractivity contribution in [2.24, 2.45) is 0 Å². The molecular weight excluding hydrogens is 804 g/mol. The van der Waals surface area contributed by atoms with Crippen molar-refractivity contribution in [1.29, 1.82) is 0 Å². The maximum absolute atomic E-state index is 15.2. The Morgan fingerprint density at radius 1 is 0.900 bits per heavy atom. The summed E-state index contributed by atoms with van der Waals surface area (Å²) >= 11 is 5.93. The number of fused-ring (bicyclic) bond motifs is 2. The first-order valence-corrected chi connectivity index (χ1v) is 24.7. The van der Waals surface area contributed by atoms with Gasteiger partial charge in [-0.15, -0.1) is 0 Å². The van der Waals surface area contributed by atoms with Crippen LogP contribution >= 0.6 is 11.6 Å². The van der Waals surface area contributed by atoms with Gasteiger partial charge in [0.05, 0.1) is 19.3 Å². The van der Waals surface area contributed by atoms with E-state index in [2.05, 4.69) is 38.8 Å². The molecule has 3 aromatic rings. The summed E-state index contributed by atoms with van der Waals surface area (Å²) in [6.45, 7) is 20.4. The van der Waals surface area contributed by atoms with E-state index in [9.17, 15) is 13.6 Å². The molecule has 2 bridgehead atoms. The standard InChI is InChI=1S/C47H62ClF2N3O6Si/c1-30-33(23-24-51-43(30)57-26-11-27-58-60(8,9)47(5,6)7)29-52(34-17-18-34)44(54)40-36(28-35-19-22-39(40)53(35)45(55)59-46(2,3)4)32-15-13-31(14-16-32)12-10-25-56-42-38(50)21-20-37(49)41(42)48/h13-16,20-21,23-24,34-35,39H,10-12,17-19,22,25-29H2,1-9H3/t35-,39+/m0/s1. The van der Waals surface area contributed by atoms with Crippen molar-refractivity contribution < 1.29 is 37.0 Å². The molecule has 9 nitrogen and oxygen atoms in total. The summed E-state index contributed by atoms with van der Waals surface area (Å²) in [5.41, 5.74) is 4.78. The van der Waals surface area contributed by atoms with Gasteiger partial charge in [-0.25, -0.2) is 18.6 Å². The Bertz CT molecular complexity index is 2060. The number of aryl methyl sites for hydroxylation is 1. The number of nitrogens with zero attached hydrogens (tertiary/aromatic N) is 3. The Kier molecular flexibility index (Phi) is 14.1. The fraction of sp³-hybridized carbons (Fsp3) is 0.553. The summed E-state index contributed by atoms with van der Waals surface area (Å²) in [4.78, 5) is 37.3. The third-order valence-electron chi connectivity index (χ3n) is 12.3. The Hall–Kier alpha value is -4.00. The van der Waals surface area contributed by atoms with Gasteiger partial charge in [0, 0.05) is 49.0 Å². The molecule has 0 unspecified atom stereocenters. The Balaban J connectivity index is 1.21. The maximum Gasteiger partial charge on any atom is 0.411 e. The van der Waals surface area contributed by atoms with Gasteiger partial charge in [0.2, 0.25) is 5.88 Å². The van der Waals surface area contributed by atoms with Crippen molar-refractivity contribution >= 4 is 37.5 Å². The number of hydrogen-bond acceptors (Lipinski definition) is 7. The molecule has 3 heterocycles. The average molecular weight is 867 g/mol. The molecule has 326 valence electrons. The normalized spacial score (nSPS) is 18.2. The predicted molar refractivity (Wildman–Crippen MR) is 234 cm³/mol. The number of amides is 2. The second kappa shape index (κ2) is 18.5. The van der Waals surface area contributed by atoms with Gasteiger partial charge in [-0.1, -0.05) is 56.6 Å². The molecule has 2 aliphatic heterocycles. The highest BCUT2D eigenvalue weighted by Gasteiger charge is 2.49. The van der Waals surface area contributed by atoms with Crippen molar-refractivity contribution in [3.05, 3.63) is 93.1 Å². The quantitative estimate of drug-likeness (QED) is 0.0804. The van der Waals surface area contributed by atoms with Crippen LogP contribution in [0.15, 0.2) is 54.2 Å². The van der Waals surface area contributed by atoms with Crippen LogP contribution in [-0.2, 0) is 26.9 Å². The molecule has 6 rings (SSSR count). The van der Waals surface area contributed by atoms with Crippen LogP contribution in [0.25, 0.3) is 5.57 Å². The number of rotatable bonds is 16. The highest BCUT2D eigenvalue weighted by atomic mass is 35.5. The topological polar surface area (TPSA) is 90.4 Å². The zero-order chi connectivity index (χ0) is 43.6. The predicted octanol–water partition coefficient (Wildman–Crippen LogP) is 11.2. The van der Waals surface area contributed by atoms with E-state index in [0.717, 1.165) is 65.6 Å². The van der Waals surface area contributed by atoms with Gasteiger partial charge >= 0.3 is 6.09 Å². The van der Waals surface area contributed by atoms with E-state index in [4.69, 9.17) is 30.2 Å². The van der Waals surface area contributed by atoms with E-state index >= 15 is 4.79 Å². The lowest BCUT2D eigenvalue weighted by Crippen LogP contribution is -2.50. The molecule has 0 radical (unpaired) electrons. The number of hydrogen-bond donors (Lipinski definition) is 0. The van der Waals surface area contributed by atoms with Gasteiger partial charge < -0.3 is 23.5 Å². The summed E-state index contributed by atoms with van der Waals surface area (Å²) in [6.07, 6.45) is 7.10. The molecule has 1 saturated heterocycles. The fourth-order valence-corrected chi connectivity index (χ4v) is 9.04. The largest absolute Gasteiger partial charge is 0.489 e. The minimum absolute atomic E-state index is 0.0580. The van der Waals surface area contributed by atoms with Crippen LogP contribution in [0.1, 0.15) is 109 Å². The van der Waals surface area contributed by atoms with Crippen LogP contribution in [-0.4, -0.2) is 78.6 Å². The summed E-state index contributed by atoms with van der Waals surface area (Å²) in [5.74, 6) is -1.22. The smallest absolute Gasteiger partial charge is 0.411 e. The van der Waals surface area contributed by atoms with Crippen molar-refractivity contribution in [3.63, 3.8) is 0 Å². The lowest BCUT2D eigenvalue weighted by Gasteiger charge is -2.39. The maximum atomic E-state index is 15.2. The highest BCUT2D eigenvalue weighted by molar-refractivity contribution is 6.74. The van der Waals surface area contributed by atoms with Crippen LogP contribution in [0.5, 0.6) is 11.6 Å². The van der Waals surface area contributed by atoms with E-state index in [1.807, 2.05) is 67.8 Å². The Labute approximate surface area is 360 Å². The van der Waals surface area contributed by atoms with Crippen molar-refractivity contribution in [1.82, 2.24) is 14.8 Å². The van der Waals surface area contributed by atoms with Crippen LogP contribution in [0, 0.1) is 18.6 Å². The first-order chi connectivity index (χ1) is 28.3. The van der Waals surface area contributed by atoms with Crippen LogP contribution < -0.4 is 9.47 Å². The number of pyridine rings is 1. The second-order valence-corrected chi connectivity index (χ2v) is 24.1. The summed E-state index contributed by atoms with van der Waals surface area (Å²) in [7, 11) is -1.85. The number of aromatic nitrogens is 1. The van der Waals surface area contributed by atoms with Gasteiger partial charge in [-0.2, -0.15) is 0 Å². The van der Waals surface area contributed by atoms with E-state index < -0.39 is 37.7 Å². The molecular formula is C47H62ClF2N3O6Si. The lowest BCUT2D eigenvalue weighted by atomic mass is 9.87. The van der Waals surface area contributed by atoms with E-state index in [0.29, 0.717) is 56.9 Å². The van der Waals surface area contributed by atoms with Gasteiger partial charge in [0.1, 0.15) is 16.4 Å². The Morgan fingerprint density at radius 3 is 2.25 bits per heavy atom. The van der Waals surface area contributed by atoms with Crippen LogP contribution in [0.3, 0.4) is 0 Å². The molecule has 0 N–H and O–H groups in total. The van der Waals surface area contributed by atoms with Gasteiger partial charge in [-0.05, 0) is 131 Å². The van der Waals surface area contributed by atoms with Crippen molar-refractivity contribution in [3.8, 4) is 11.6 Å². The third-order valence-corrected chi connectivity index (χ3v) is 17.1. The zero-order valence-corrected chi connectivity index (χ0v) is 38.5. The third kappa shape index (κ3) is 10.7. The fourth-order valence-electron chi connectivity index (χ4n) is 7.75. The minimum Gasteiger partial charge on any atom is -0.489 e. The van der Waals surface area contributed by atoms with Gasteiger partial charge in [0.15, 0.2) is 19.9 Å². The molecule has 2 fully saturated rings. The van der Waals surface area contributed by atoms with Crippen LogP contribution in [0.2, 0.25) is 23.2 Å². The van der Waals surface area contributed by atoms with Gasteiger partial charge in [-0.3, -0.25) is 9.69 Å². The molecule has 0 spiro atoms. The monoisotopic (exact) mass is 865 g/mol. The first kappa shape index (κ1) is 45.5. The SMILES string of the molecule is Cc1c(CN(C(=O)C2=C(c3ccc(CCCOc4c(F)ccc(F)c4Cl)cc3)C[C@@H]3CC[C@H]2N3C(=O)OC(C)(C)C)C2CC2)ccnc1OCCCO[Si](C)(C)C(C)(C)C. The second-order valence-electron chi connectivity index (χ2n) is 18.9. The molecule has 2 aromatic carbocycles. The van der Waals surface area contributed by atoms with Crippen molar-refractivity contribution in [2.75, 3.05) is 19.8 Å². The van der Waals surface area contributed by atoms with E-state index in [-0.39, 0.29) is 40.4 Å². The molecule has 1 aliphatic carbocycles. The molecule has 3 aliphatic rings. The summed E-state index contributed by atoms with van der Waals surface area (Å²) < 4.78 is 52.0. The molecule has 2 amide bonds. The summed E-state index contributed by atoms with van der Waals surface area (Å²) in [5, 5.41) is -0.225. The molecule has 13 heteroatoms. The molecule has 1 aromatic heterocycles. The molecule has 2 atom stereocenters. The highest BCUT2D eigenvalue weighted by Crippen LogP contribution is 2.46. The zero-order valence-electron chi connectivity index (χ0n) is 36.8. The summed E-state index contributed by atoms with van der Waals surface area (Å²) in [6, 6.07) is 11.7. The van der Waals surface area contributed by atoms with Gasteiger partial charge in [0.25, 0.3) is 5.91 Å². The lowest BCUT2D eigenvalue weighted by molar-refractivity contribution is -0.129. The number of carbonyl (C=O) groups is 2. The van der Waals surface area contributed by atoms with E-state index in [1.165, 1.54) is 0 Å². The van der Waals surface area contributed by atoms with Crippen molar-refractivity contribution in [2.45, 2.75) is 148 Å². The average Bonchev–Trinajstić information content (AvgIpc) is 3.97. The number of carbonyl (C=O) groups excluding carboxylic acids is 2. The van der Waals surface area contributed by atoms with Crippen LogP contribution in [0.4, 0.5) is 13.6 Å². The minimum atomic E-state index is -1.85. The number of benzene rings is 2. The molecule has 60 heavy (non-hydrogen) atoms. The van der Waals surface area contributed by atoms with E-state index in [1.54, 1.807) is 6.20 Å². The Morgan fingerprint density at radius 2 is 1.58 bits per heavy atom. The number of halogens is 3. The number of ether oxygens (including phenoxy) is 3. The first-order valence-electron chi connectivity index (χ1n) is 21.4. The molecule has 1 saturated carbocycles.